The molecule has 0 unspecified atom stereocenters. The number of alkyl halides is 6. The smallest absolute Gasteiger partial charge is 0.416 e. The molecule has 0 radical (unpaired) electrons. The number of aliphatic hydroxyl groups is 1. The lowest BCUT2D eigenvalue weighted by Gasteiger charge is -2.12. The van der Waals surface area contributed by atoms with E-state index in [-0.39, 0.29) is 18.4 Å². The quantitative estimate of drug-likeness (QED) is 0.815. The first kappa shape index (κ1) is 18.2. The third-order valence-electron chi connectivity index (χ3n) is 3.12. The lowest BCUT2D eigenvalue weighted by Crippen LogP contribution is -2.11. The average Bonchev–Trinajstić information content (AvgIpc) is 2.95. The van der Waals surface area contributed by atoms with E-state index in [1.807, 2.05) is 0 Å². The van der Waals surface area contributed by atoms with Gasteiger partial charge in [-0.15, -0.1) is 10.2 Å². The highest BCUT2D eigenvalue weighted by Crippen LogP contribution is 2.38. The first-order valence-corrected chi connectivity index (χ1v) is 6.83. The zero-order valence-electron chi connectivity index (χ0n) is 12.2. The number of hydrogen-bond acceptors (Lipinski definition) is 4. The first-order valence-electron chi connectivity index (χ1n) is 6.83. The lowest BCUT2D eigenvalue weighted by atomic mass is 10.0. The molecule has 0 aliphatic carbocycles. The number of aromatic nitrogens is 2. The van der Waals surface area contributed by atoms with E-state index in [0.717, 1.165) is 0 Å². The van der Waals surface area contributed by atoms with Gasteiger partial charge >= 0.3 is 12.4 Å². The zero-order chi connectivity index (χ0) is 18.1. The Morgan fingerprint density at radius 1 is 1.00 bits per heavy atom. The summed E-state index contributed by atoms with van der Waals surface area (Å²) in [5.74, 6) is -0.797. The highest BCUT2D eigenvalue weighted by Gasteiger charge is 2.37. The summed E-state index contributed by atoms with van der Waals surface area (Å²) < 4.78 is 81.9. The molecular formula is C14H12F6N2O2. The molecule has 0 bridgehead atoms. The zero-order valence-corrected chi connectivity index (χ0v) is 12.2. The van der Waals surface area contributed by atoms with E-state index in [2.05, 4.69) is 10.2 Å². The van der Waals surface area contributed by atoms with Crippen LogP contribution in [0.5, 0.6) is 0 Å². The van der Waals surface area contributed by atoms with E-state index >= 15 is 0 Å². The monoisotopic (exact) mass is 354 g/mol. The third kappa shape index (κ3) is 4.05. The van der Waals surface area contributed by atoms with Crippen LogP contribution in [0.2, 0.25) is 0 Å². The Kier molecular flexibility index (Phi) is 4.88. The number of benzene rings is 1. The molecule has 1 N–H and O–H groups in total. The van der Waals surface area contributed by atoms with E-state index in [1.165, 1.54) is 0 Å². The molecule has 0 saturated heterocycles. The van der Waals surface area contributed by atoms with Gasteiger partial charge in [0.05, 0.1) is 11.1 Å². The number of nitrogens with zero attached hydrogens (tertiary/aromatic N) is 2. The molecule has 1 atom stereocenters. The van der Waals surface area contributed by atoms with Crippen LogP contribution in [-0.4, -0.2) is 15.3 Å². The highest BCUT2D eigenvalue weighted by molar-refractivity contribution is 5.56. The largest absolute Gasteiger partial charge is 0.418 e. The average molecular weight is 354 g/mol. The molecule has 1 aromatic heterocycles. The van der Waals surface area contributed by atoms with Crippen molar-refractivity contribution in [1.29, 1.82) is 0 Å². The Morgan fingerprint density at radius 3 is 2.00 bits per heavy atom. The summed E-state index contributed by atoms with van der Waals surface area (Å²) in [5.41, 5.74) is -3.50. The molecule has 4 nitrogen and oxygen atoms in total. The molecule has 0 aliphatic rings. The fourth-order valence-corrected chi connectivity index (χ4v) is 1.96. The van der Waals surface area contributed by atoms with Gasteiger partial charge < -0.3 is 9.52 Å². The van der Waals surface area contributed by atoms with Crippen LogP contribution in [0.1, 0.15) is 42.9 Å². The van der Waals surface area contributed by atoms with Crippen molar-refractivity contribution in [3.63, 3.8) is 0 Å². The maximum absolute atomic E-state index is 12.8. The van der Waals surface area contributed by atoms with Gasteiger partial charge in [0.1, 0.15) is 6.10 Å². The van der Waals surface area contributed by atoms with Gasteiger partial charge in [-0.2, -0.15) is 26.3 Å². The number of halogens is 6. The van der Waals surface area contributed by atoms with Gasteiger partial charge in [0, 0.05) is 5.56 Å². The van der Waals surface area contributed by atoms with E-state index in [9.17, 15) is 31.4 Å². The molecule has 2 rings (SSSR count). The van der Waals surface area contributed by atoms with Crippen LogP contribution >= 0.6 is 0 Å². The van der Waals surface area contributed by atoms with Crippen molar-refractivity contribution in [3.05, 3.63) is 35.2 Å². The fourth-order valence-electron chi connectivity index (χ4n) is 1.96. The molecule has 0 spiro atoms. The number of aliphatic hydroxyl groups excluding tert-OH is 1. The molecule has 2 aromatic rings. The molecule has 1 heterocycles. The van der Waals surface area contributed by atoms with Crippen LogP contribution < -0.4 is 0 Å². The predicted molar refractivity (Wildman–Crippen MR) is 69.6 cm³/mol. The molecule has 1 aromatic carbocycles. The van der Waals surface area contributed by atoms with Crippen LogP contribution in [0.4, 0.5) is 26.3 Å². The van der Waals surface area contributed by atoms with Crippen molar-refractivity contribution in [2.24, 2.45) is 0 Å². The molecule has 0 aliphatic heterocycles. The summed E-state index contributed by atoms with van der Waals surface area (Å²) in [6.45, 7) is 1.77. The van der Waals surface area contributed by atoms with Crippen molar-refractivity contribution in [3.8, 4) is 11.5 Å². The van der Waals surface area contributed by atoms with Crippen molar-refractivity contribution in [1.82, 2.24) is 10.2 Å². The number of rotatable bonds is 4. The maximum atomic E-state index is 12.8. The minimum atomic E-state index is -4.97. The minimum Gasteiger partial charge on any atom is -0.418 e. The second-order valence-corrected chi connectivity index (χ2v) is 5.04. The van der Waals surface area contributed by atoms with Gasteiger partial charge in [0.2, 0.25) is 11.8 Å². The van der Waals surface area contributed by atoms with Gasteiger partial charge in [-0.05, 0) is 24.6 Å². The molecule has 10 heteroatoms. The summed E-state index contributed by atoms with van der Waals surface area (Å²) in [4.78, 5) is 0. The van der Waals surface area contributed by atoms with Crippen molar-refractivity contribution < 1.29 is 35.9 Å². The molecule has 132 valence electrons. The normalized spacial score (nSPS) is 14.0. The number of hydrogen-bond donors (Lipinski definition) is 1. The van der Waals surface area contributed by atoms with E-state index in [0.29, 0.717) is 18.6 Å². The molecule has 0 saturated carbocycles. The Bertz CT molecular complexity index is 676. The van der Waals surface area contributed by atoms with Crippen LogP contribution in [0, 0.1) is 0 Å². The summed E-state index contributed by atoms with van der Waals surface area (Å²) in [6, 6.07) is 0.976. The summed E-state index contributed by atoms with van der Waals surface area (Å²) in [7, 11) is 0. The van der Waals surface area contributed by atoms with E-state index in [1.54, 1.807) is 6.92 Å². The second kappa shape index (κ2) is 6.42. The molecule has 0 fully saturated rings. The van der Waals surface area contributed by atoms with Crippen LogP contribution in [0.25, 0.3) is 11.5 Å². The standard InChI is InChI=1S/C14H12F6N2O2/c1-2-3-10(23)12-22-21-11(24-12)7-4-8(13(15,16)17)6-9(5-7)14(18,19)20/h4-6,10,23H,2-3H2,1H3/t10-/m1/s1. The minimum absolute atomic E-state index is 0.00666. The summed E-state index contributed by atoms with van der Waals surface area (Å²) in [5, 5.41) is 16.6. The second-order valence-electron chi connectivity index (χ2n) is 5.04. The van der Waals surface area contributed by atoms with Crippen LogP contribution in [0.3, 0.4) is 0 Å². The van der Waals surface area contributed by atoms with Gasteiger partial charge in [-0.3, -0.25) is 0 Å². The third-order valence-corrected chi connectivity index (χ3v) is 3.12. The van der Waals surface area contributed by atoms with Crippen molar-refractivity contribution in [2.45, 2.75) is 38.2 Å². The van der Waals surface area contributed by atoms with E-state index < -0.39 is 41.0 Å². The SMILES string of the molecule is CCC[C@@H](O)c1nnc(-c2cc(C(F)(F)F)cc(C(F)(F)F)c2)o1. The van der Waals surface area contributed by atoms with Gasteiger partial charge in [0.15, 0.2) is 0 Å². The van der Waals surface area contributed by atoms with Crippen molar-refractivity contribution >= 4 is 0 Å². The Balaban J connectivity index is 2.50. The van der Waals surface area contributed by atoms with Crippen LogP contribution in [-0.2, 0) is 12.4 Å². The van der Waals surface area contributed by atoms with Crippen molar-refractivity contribution in [2.75, 3.05) is 0 Å². The Morgan fingerprint density at radius 2 is 1.54 bits per heavy atom. The van der Waals surface area contributed by atoms with Gasteiger partial charge in [0.25, 0.3) is 0 Å². The Hall–Kier alpha value is -2.10. The topological polar surface area (TPSA) is 59.2 Å². The molecular weight excluding hydrogens is 342 g/mol. The van der Waals surface area contributed by atoms with E-state index in [4.69, 9.17) is 4.42 Å². The first-order chi connectivity index (χ1) is 11.0. The van der Waals surface area contributed by atoms with Gasteiger partial charge in [-0.1, -0.05) is 13.3 Å². The summed E-state index contributed by atoms with van der Waals surface area (Å²) >= 11 is 0. The molecule has 24 heavy (non-hydrogen) atoms. The Labute approximate surface area is 132 Å². The van der Waals surface area contributed by atoms with Crippen LogP contribution in [0.15, 0.2) is 22.6 Å². The molecule has 0 amide bonds. The lowest BCUT2D eigenvalue weighted by molar-refractivity contribution is -0.143. The predicted octanol–water partition coefficient (Wildman–Crippen LogP) is 4.61. The maximum Gasteiger partial charge on any atom is 0.416 e. The van der Waals surface area contributed by atoms with Gasteiger partial charge in [-0.25, -0.2) is 0 Å². The highest BCUT2D eigenvalue weighted by atomic mass is 19.4. The summed E-state index contributed by atoms with van der Waals surface area (Å²) in [6.07, 6.45) is -10.2. The fraction of sp³-hybridized carbons (Fsp3) is 0.429.